The molecule has 1 aromatic carbocycles. The maximum Gasteiger partial charge on any atom is 0.416 e. The molecular formula is C14H12F4N2O. The Kier molecular flexibility index (Phi) is 4.13. The predicted molar refractivity (Wildman–Crippen MR) is 68.7 cm³/mol. The van der Waals surface area contributed by atoms with Crippen LogP contribution in [-0.4, -0.2) is 10.1 Å². The van der Waals surface area contributed by atoms with E-state index in [1.807, 2.05) is 0 Å². The van der Waals surface area contributed by atoms with Crippen LogP contribution in [0.15, 0.2) is 36.7 Å². The van der Waals surface area contributed by atoms with E-state index in [1.54, 1.807) is 0 Å². The Labute approximate surface area is 118 Å². The van der Waals surface area contributed by atoms with Gasteiger partial charge in [0.25, 0.3) is 0 Å². The Hall–Kier alpha value is -2.15. The summed E-state index contributed by atoms with van der Waals surface area (Å²) < 4.78 is 51.9. The van der Waals surface area contributed by atoms with Crippen molar-refractivity contribution in [1.29, 1.82) is 0 Å². The lowest BCUT2D eigenvalue weighted by atomic mass is 9.96. The molecule has 112 valence electrons. The number of pyridine rings is 1. The molecule has 0 radical (unpaired) electrons. The van der Waals surface area contributed by atoms with Crippen molar-refractivity contribution in [3.05, 3.63) is 59.2 Å². The first-order valence-corrected chi connectivity index (χ1v) is 6.02. The standard InChI is InChI=1S/C14H12F4N2O/c15-9-1-2-11(14(16,17)18)10(6-9)13(21)5-8-7-20-4-3-12(8)19/h1-4,6-7,13,21H,5H2,(H2,19,20). The minimum absolute atomic E-state index is 0.188. The highest BCUT2D eigenvalue weighted by atomic mass is 19.4. The Morgan fingerprint density at radius 3 is 2.57 bits per heavy atom. The number of alkyl halides is 3. The number of benzene rings is 1. The molecule has 0 aliphatic carbocycles. The van der Waals surface area contributed by atoms with Gasteiger partial charge in [0.1, 0.15) is 5.82 Å². The van der Waals surface area contributed by atoms with Gasteiger partial charge in [0.05, 0.1) is 11.7 Å². The average Bonchev–Trinajstić information content (AvgIpc) is 2.40. The summed E-state index contributed by atoms with van der Waals surface area (Å²) in [4.78, 5) is 3.79. The van der Waals surface area contributed by atoms with Gasteiger partial charge in [-0.1, -0.05) is 0 Å². The van der Waals surface area contributed by atoms with E-state index >= 15 is 0 Å². The number of anilines is 1. The first kappa shape index (κ1) is 15.2. The van der Waals surface area contributed by atoms with Crippen LogP contribution in [0.2, 0.25) is 0 Å². The topological polar surface area (TPSA) is 59.1 Å². The normalized spacial score (nSPS) is 13.2. The van der Waals surface area contributed by atoms with Crippen molar-refractivity contribution >= 4 is 5.69 Å². The van der Waals surface area contributed by atoms with Crippen LogP contribution in [0.1, 0.15) is 22.8 Å². The van der Waals surface area contributed by atoms with Gasteiger partial charge in [-0.25, -0.2) is 4.39 Å². The average molecular weight is 300 g/mol. The molecule has 0 amide bonds. The fourth-order valence-corrected chi connectivity index (χ4v) is 1.99. The van der Waals surface area contributed by atoms with Crippen molar-refractivity contribution < 1.29 is 22.7 Å². The number of aromatic nitrogens is 1. The lowest BCUT2D eigenvalue weighted by Crippen LogP contribution is -2.14. The van der Waals surface area contributed by atoms with E-state index in [0.717, 1.165) is 0 Å². The van der Waals surface area contributed by atoms with E-state index in [4.69, 9.17) is 5.73 Å². The first-order valence-electron chi connectivity index (χ1n) is 6.02. The van der Waals surface area contributed by atoms with Crippen molar-refractivity contribution in [3.8, 4) is 0 Å². The van der Waals surface area contributed by atoms with E-state index in [2.05, 4.69) is 4.98 Å². The van der Waals surface area contributed by atoms with Gasteiger partial charge in [0, 0.05) is 24.5 Å². The summed E-state index contributed by atoms with van der Waals surface area (Å²) in [6, 6.07) is 3.47. The van der Waals surface area contributed by atoms with Gasteiger partial charge >= 0.3 is 6.18 Å². The maximum atomic E-state index is 13.2. The molecular weight excluding hydrogens is 288 g/mol. The summed E-state index contributed by atoms with van der Waals surface area (Å²) in [5, 5.41) is 10.0. The number of halogens is 4. The van der Waals surface area contributed by atoms with Gasteiger partial charge in [-0.2, -0.15) is 13.2 Å². The molecule has 0 saturated heterocycles. The van der Waals surface area contributed by atoms with Gasteiger partial charge in [-0.15, -0.1) is 0 Å². The van der Waals surface area contributed by atoms with Crippen LogP contribution in [0, 0.1) is 5.82 Å². The van der Waals surface area contributed by atoms with Gasteiger partial charge in [-0.3, -0.25) is 4.98 Å². The second-order valence-electron chi connectivity index (χ2n) is 4.52. The van der Waals surface area contributed by atoms with Gasteiger partial charge in [0.15, 0.2) is 0 Å². The molecule has 21 heavy (non-hydrogen) atoms. The van der Waals surface area contributed by atoms with Crippen molar-refractivity contribution in [1.82, 2.24) is 4.98 Å². The van der Waals surface area contributed by atoms with Gasteiger partial charge < -0.3 is 10.8 Å². The van der Waals surface area contributed by atoms with Crippen LogP contribution in [0.5, 0.6) is 0 Å². The number of aliphatic hydroxyl groups excluding tert-OH is 1. The third-order valence-corrected chi connectivity index (χ3v) is 3.03. The third kappa shape index (κ3) is 3.49. The van der Waals surface area contributed by atoms with Crippen LogP contribution in [-0.2, 0) is 12.6 Å². The van der Waals surface area contributed by atoms with E-state index < -0.39 is 29.2 Å². The van der Waals surface area contributed by atoms with Crippen LogP contribution >= 0.6 is 0 Å². The summed E-state index contributed by atoms with van der Waals surface area (Å²) in [5.41, 5.74) is 4.75. The zero-order chi connectivity index (χ0) is 15.6. The molecule has 2 aromatic rings. The predicted octanol–water partition coefficient (Wildman–Crippen LogP) is 3.10. The molecule has 0 bridgehead atoms. The van der Waals surface area contributed by atoms with Crippen molar-refractivity contribution in [2.24, 2.45) is 0 Å². The third-order valence-electron chi connectivity index (χ3n) is 3.03. The van der Waals surface area contributed by atoms with E-state index in [1.165, 1.54) is 18.5 Å². The molecule has 0 fully saturated rings. The molecule has 0 saturated carbocycles. The Balaban J connectivity index is 2.37. The molecule has 3 nitrogen and oxygen atoms in total. The zero-order valence-corrected chi connectivity index (χ0v) is 10.7. The summed E-state index contributed by atoms with van der Waals surface area (Å²) in [5.74, 6) is -0.851. The Morgan fingerprint density at radius 2 is 1.95 bits per heavy atom. The molecule has 0 spiro atoms. The van der Waals surface area contributed by atoms with Gasteiger partial charge in [0.2, 0.25) is 0 Å². The lowest BCUT2D eigenvalue weighted by molar-refractivity contribution is -0.139. The van der Waals surface area contributed by atoms with Crippen LogP contribution in [0.25, 0.3) is 0 Å². The quantitative estimate of drug-likeness (QED) is 0.856. The molecule has 1 aromatic heterocycles. The van der Waals surface area contributed by atoms with E-state index in [9.17, 15) is 22.7 Å². The minimum Gasteiger partial charge on any atom is -0.398 e. The summed E-state index contributed by atoms with van der Waals surface area (Å²) in [6.07, 6.45) is -3.63. The highest BCUT2D eigenvalue weighted by Gasteiger charge is 2.35. The monoisotopic (exact) mass is 300 g/mol. The molecule has 7 heteroatoms. The van der Waals surface area contributed by atoms with Crippen LogP contribution < -0.4 is 5.73 Å². The number of hydrogen-bond acceptors (Lipinski definition) is 3. The molecule has 0 aliphatic heterocycles. The molecule has 1 unspecified atom stereocenters. The van der Waals surface area contributed by atoms with Crippen molar-refractivity contribution in [3.63, 3.8) is 0 Å². The van der Waals surface area contributed by atoms with Crippen LogP contribution in [0.4, 0.5) is 23.2 Å². The van der Waals surface area contributed by atoms with Crippen molar-refractivity contribution in [2.45, 2.75) is 18.7 Å². The number of rotatable bonds is 3. The largest absolute Gasteiger partial charge is 0.416 e. The van der Waals surface area contributed by atoms with E-state index in [-0.39, 0.29) is 6.42 Å². The smallest absolute Gasteiger partial charge is 0.398 e. The minimum atomic E-state index is -4.68. The molecule has 2 rings (SSSR count). The first-order chi connectivity index (χ1) is 9.79. The van der Waals surface area contributed by atoms with Crippen molar-refractivity contribution in [2.75, 3.05) is 5.73 Å². The fourth-order valence-electron chi connectivity index (χ4n) is 1.99. The second-order valence-corrected chi connectivity index (χ2v) is 4.52. The number of hydrogen-bond donors (Lipinski definition) is 2. The molecule has 1 atom stereocenters. The number of aliphatic hydroxyl groups is 1. The second kappa shape index (κ2) is 5.69. The fraction of sp³-hybridized carbons (Fsp3) is 0.214. The number of nitrogens with two attached hydrogens (primary N) is 1. The van der Waals surface area contributed by atoms with Gasteiger partial charge in [-0.05, 0) is 35.4 Å². The summed E-state index contributed by atoms with van der Waals surface area (Å²) in [7, 11) is 0. The molecule has 1 heterocycles. The maximum absolute atomic E-state index is 13.2. The summed E-state index contributed by atoms with van der Waals surface area (Å²) in [6.45, 7) is 0. The zero-order valence-electron chi connectivity index (χ0n) is 10.7. The summed E-state index contributed by atoms with van der Waals surface area (Å²) >= 11 is 0. The SMILES string of the molecule is Nc1ccncc1CC(O)c1cc(F)ccc1C(F)(F)F. The Bertz CT molecular complexity index is 643. The van der Waals surface area contributed by atoms with Crippen LogP contribution in [0.3, 0.4) is 0 Å². The molecule has 0 aliphatic rings. The number of nitrogen functional groups attached to an aromatic ring is 1. The van der Waals surface area contributed by atoms with E-state index in [0.29, 0.717) is 29.4 Å². The number of nitrogens with zero attached hydrogens (tertiary/aromatic N) is 1. The lowest BCUT2D eigenvalue weighted by Gasteiger charge is -2.18. The highest BCUT2D eigenvalue weighted by molar-refractivity contribution is 5.45. The highest BCUT2D eigenvalue weighted by Crippen LogP contribution is 2.36. The molecule has 3 N–H and O–H groups in total. The Morgan fingerprint density at radius 1 is 1.24 bits per heavy atom.